The number of fused-ring (bicyclic) bond motifs is 2. The van der Waals surface area contributed by atoms with E-state index in [1.54, 1.807) is 23.1 Å². The van der Waals surface area contributed by atoms with E-state index >= 15 is 0 Å². The lowest BCUT2D eigenvalue weighted by molar-refractivity contribution is -0.118. The van der Waals surface area contributed by atoms with Gasteiger partial charge in [-0.05, 0) is 36.1 Å². The van der Waals surface area contributed by atoms with Gasteiger partial charge in [-0.1, -0.05) is 24.3 Å². The number of anilines is 2. The minimum absolute atomic E-state index is 0.0108. The lowest BCUT2D eigenvalue weighted by Crippen LogP contribution is -2.34. The van der Waals surface area contributed by atoms with E-state index < -0.39 is 0 Å². The molecule has 0 saturated heterocycles. The largest absolute Gasteiger partial charge is 0.482 e. The van der Waals surface area contributed by atoms with Gasteiger partial charge in [0.15, 0.2) is 6.61 Å². The normalized spacial score (nSPS) is 17.8. The molecule has 128 valence electrons. The highest BCUT2D eigenvalue weighted by Crippen LogP contribution is 2.35. The highest BCUT2D eigenvalue weighted by molar-refractivity contribution is 5.96. The molecule has 0 fully saturated rings. The Bertz CT molecular complexity index is 850. The molecule has 0 spiro atoms. The van der Waals surface area contributed by atoms with Crippen LogP contribution in [0.4, 0.5) is 16.2 Å². The molecule has 1 atom stereocenters. The standard InChI is InChI=1S/C19H19N3O3/c1-22(16-9-6-12-4-2-3-5-14(12)16)19(24)20-13-7-8-15-17(10-13)25-11-18(23)21-15/h2-5,7-8,10,16H,6,9,11H2,1H3,(H,20,24)(H,21,23). The Morgan fingerprint density at radius 2 is 2.12 bits per heavy atom. The van der Waals surface area contributed by atoms with Crippen LogP contribution in [-0.4, -0.2) is 30.5 Å². The SMILES string of the molecule is CN(C(=O)Nc1ccc2c(c1)OCC(=O)N2)C1CCc2ccccc21. The molecule has 1 heterocycles. The van der Waals surface area contributed by atoms with Gasteiger partial charge in [-0.25, -0.2) is 4.79 Å². The third-order valence-electron chi connectivity index (χ3n) is 4.75. The Morgan fingerprint density at radius 3 is 3.00 bits per heavy atom. The van der Waals surface area contributed by atoms with Gasteiger partial charge < -0.3 is 20.3 Å². The zero-order valence-corrected chi connectivity index (χ0v) is 13.9. The molecule has 2 N–H and O–H groups in total. The van der Waals surface area contributed by atoms with Gasteiger partial charge in [0.1, 0.15) is 5.75 Å². The first-order valence-electron chi connectivity index (χ1n) is 8.30. The number of carbonyl (C=O) groups is 2. The molecule has 6 heteroatoms. The fraction of sp³-hybridized carbons (Fsp3) is 0.263. The maximum absolute atomic E-state index is 12.6. The summed E-state index contributed by atoms with van der Waals surface area (Å²) in [4.78, 5) is 25.7. The predicted octanol–water partition coefficient (Wildman–Crippen LogP) is 3.17. The summed E-state index contributed by atoms with van der Waals surface area (Å²) < 4.78 is 5.39. The second kappa shape index (κ2) is 6.12. The summed E-state index contributed by atoms with van der Waals surface area (Å²) in [6, 6.07) is 13.4. The maximum atomic E-state index is 12.6. The van der Waals surface area contributed by atoms with Gasteiger partial charge in [-0.3, -0.25) is 4.79 Å². The van der Waals surface area contributed by atoms with Crippen LogP contribution in [0.1, 0.15) is 23.6 Å². The zero-order valence-electron chi connectivity index (χ0n) is 13.9. The van der Waals surface area contributed by atoms with Gasteiger partial charge in [-0.15, -0.1) is 0 Å². The van der Waals surface area contributed by atoms with Crippen molar-refractivity contribution in [2.45, 2.75) is 18.9 Å². The van der Waals surface area contributed by atoms with Crippen LogP contribution in [0.5, 0.6) is 5.75 Å². The van der Waals surface area contributed by atoms with Crippen molar-refractivity contribution in [3.63, 3.8) is 0 Å². The molecular weight excluding hydrogens is 318 g/mol. The first-order valence-corrected chi connectivity index (χ1v) is 8.30. The Labute approximate surface area is 145 Å². The van der Waals surface area contributed by atoms with Crippen molar-refractivity contribution in [3.8, 4) is 5.75 Å². The van der Waals surface area contributed by atoms with E-state index in [0.717, 1.165) is 12.8 Å². The van der Waals surface area contributed by atoms with Gasteiger partial charge in [0.25, 0.3) is 5.91 Å². The van der Waals surface area contributed by atoms with Crippen LogP contribution in [0.25, 0.3) is 0 Å². The van der Waals surface area contributed by atoms with Crippen molar-refractivity contribution in [3.05, 3.63) is 53.6 Å². The number of hydrogen-bond donors (Lipinski definition) is 2. The van der Waals surface area contributed by atoms with E-state index in [2.05, 4.69) is 22.8 Å². The highest BCUT2D eigenvalue weighted by atomic mass is 16.5. The third-order valence-corrected chi connectivity index (χ3v) is 4.75. The van der Waals surface area contributed by atoms with Gasteiger partial charge in [0.05, 0.1) is 11.7 Å². The number of hydrogen-bond acceptors (Lipinski definition) is 3. The predicted molar refractivity (Wildman–Crippen MR) is 94.9 cm³/mol. The molecule has 25 heavy (non-hydrogen) atoms. The molecule has 2 aromatic rings. The Hall–Kier alpha value is -3.02. The number of nitrogens with one attached hydrogen (secondary N) is 2. The monoisotopic (exact) mass is 337 g/mol. The van der Waals surface area contributed by atoms with Gasteiger partial charge in [0.2, 0.25) is 0 Å². The maximum Gasteiger partial charge on any atom is 0.322 e. The summed E-state index contributed by atoms with van der Waals surface area (Å²) in [7, 11) is 1.82. The molecule has 2 aromatic carbocycles. The van der Waals surface area contributed by atoms with Gasteiger partial charge >= 0.3 is 6.03 Å². The Morgan fingerprint density at radius 1 is 1.28 bits per heavy atom. The van der Waals surface area contributed by atoms with E-state index in [1.165, 1.54) is 11.1 Å². The van der Waals surface area contributed by atoms with Crippen LogP contribution in [0.2, 0.25) is 0 Å². The van der Waals surface area contributed by atoms with Crippen molar-refractivity contribution in [1.82, 2.24) is 4.90 Å². The topological polar surface area (TPSA) is 70.7 Å². The summed E-state index contributed by atoms with van der Waals surface area (Å²) in [6.45, 7) is -0.0108. The molecule has 1 aliphatic carbocycles. The molecule has 0 radical (unpaired) electrons. The number of amides is 3. The number of aryl methyl sites for hydroxylation is 1. The van der Waals surface area contributed by atoms with Crippen molar-refractivity contribution < 1.29 is 14.3 Å². The summed E-state index contributed by atoms with van der Waals surface area (Å²) in [5.41, 5.74) is 3.78. The van der Waals surface area contributed by atoms with E-state index in [4.69, 9.17) is 4.74 Å². The van der Waals surface area contributed by atoms with E-state index in [1.807, 2.05) is 19.2 Å². The van der Waals surface area contributed by atoms with Gasteiger partial charge in [-0.2, -0.15) is 0 Å². The molecular formula is C19H19N3O3. The summed E-state index contributed by atoms with van der Waals surface area (Å²) >= 11 is 0. The molecule has 2 aliphatic rings. The average Bonchev–Trinajstić information content (AvgIpc) is 3.05. The second-order valence-corrected chi connectivity index (χ2v) is 6.34. The number of rotatable bonds is 2. The molecule has 1 unspecified atom stereocenters. The third kappa shape index (κ3) is 2.91. The first kappa shape index (κ1) is 15.5. The van der Waals surface area contributed by atoms with Crippen molar-refractivity contribution >= 4 is 23.3 Å². The quantitative estimate of drug-likeness (QED) is 0.884. The fourth-order valence-corrected chi connectivity index (χ4v) is 3.44. The number of ether oxygens (including phenoxy) is 1. The van der Waals surface area contributed by atoms with Crippen LogP contribution in [-0.2, 0) is 11.2 Å². The molecule has 0 bridgehead atoms. The smallest absolute Gasteiger partial charge is 0.322 e. The lowest BCUT2D eigenvalue weighted by Gasteiger charge is -2.26. The van der Waals surface area contributed by atoms with Crippen LogP contribution < -0.4 is 15.4 Å². The zero-order chi connectivity index (χ0) is 17.4. The van der Waals surface area contributed by atoms with Crippen molar-refractivity contribution in [1.29, 1.82) is 0 Å². The fourth-order valence-electron chi connectivity index (χ4n) is 3.44. The first-order chi connectivity index (χ1) is 12.1. The molecule has 6 nitrogen and oxygen atoms in total. The lowest BCUT2D eigenvalue weighted by atomic mass is 10.1. The number of urea groups is 1. The van der Waals surface area contributed by atoms with Crippen LogP contribution in [0.3, 0.4) is 0 Å². The van der Waals surface area contributed by atoms with Crippen LogP contribution >= 0.6 is 0 Å². The summed E-state index contributed by atoms with van der Waals surface area (Å²) in [5.74, 6) is 0.384. The molecule has 0 aromatic heterocycles. The number of carbonyl (C=O) groups excluding carboxylic acids is 2. The summed E-state index contributed by atoms with van der Waals surface area (Å²) in [6.07, 6.45) is 1.92. The Kier molecular flexibility index (Phi) is 3.80. The molecule has 0 saturated carbocycles. The average molecular weight is 337 g/mol. The molecule has 1 aliphatic heterocycles. The van der Waals surface area contributed by atoms with E-state index in [-0.39, 0.29) is 24.6 Å². The van der Waals surface area contributed by atoms with Crippen molar-refractivity contribution in [2.24, 2.45) is 0 Å². The molecule has 3 amide bonds. The number of benzene rings is 2. The highest BCUT2D eigenvalue weighted by Gasteiger charge is 2.28. The second-order valence-electron chi connectivity index (χ2n) is 6.34. The molecule has 4 rings (SSSR count). The van der Waals surface area contributed by atoms with Crippen LogP contribution in [0.15, 0.2) is 42.5 Å². The summed E-state index contributed by atoms with van der Waals surface area (Å²) in [5, 5.41) is 5.64. The minimum atomic E-state index is -0.177. The van der Waals surface area contributed by atoms with E-state index in [0.29, 0.717) is 17.1 Å². The van der Waals surface area contributed by atoms with Gasteiger partial charge in [0, 0.05) is 18.8 Å². The minimum Gasteiger partial charge on any atom is -0.482 e. The van der Waals surface area contributed by atoms with Crippen molar-refractivity contribution in [2.75, 3.05) is 24.3 Å². The Balaban J connectivity index is 1.48. The number of nitrogens with zero attached hydrogens (tertiary/aromatic N) is 1. The van der Waals surface area contributed by atoms with Crippen LogP contribution in [0, 0.1) is 0 Å². The van der Waals surface area contributed by atoms with E-state index in [9.17, 15) is 9.59 Å².